The molecule has 1 N–H and O–H groups in total. The lowest BCUT2D eigenvalue weighted by molar-refractivity contribution is -0.109. The number of rotatable bonds is 3. The number of carbonyl (C=O) groups excluding carboxylic acids is 2. The van der Waals surface area contributed by atoms with Crippen LogP contribution in [0.2, 0.25) is 0 Å². The molecule has 0 aliphatic rings. The number of aldehydes is 2. The van der Waals surface area contributed by atoms with E-state index in [1.54, 1.807) is 6.92 Å². The van der Waals surface area contributed by atoms with E-state index in [2.05, 4.69) is 0 Å². The Morgan fingerprint density at radius 3 is 1.80 bits per heavy atom. The summed E-state index contributed by atoms with van der Waals surface area (Å²) < 4.78 is 0. The van der Waals surface area contributed by atoms with Crippen LogP contribution in [0.25, 0.3) is 0 Å². The fraction of sp³-hybridized carbons (Fsp3) is 0.714. The molecule has 0 saturated carbocycles. The number of carbonyl (C=O) groups is 2. The average Bonchev–Trinajstić information content (AvgIpc) is 1.89. The van der Waals surface area contributed by atoms with Crippen LogP contribution in [0.5, 0.6) is 0 Å². The first kappa shape index (κ1) is 12.0. The highest BCUT2D eigenvalue weighted by Gasteiger charge is 1.87. The molecule has 10 heavy (non-hydrogen) atoms. The maximum atomic E-state index is 9.46. The lowest BCUT2D eigenvalue weighted by Gasteiger charge is -1.89. The molecule has 60 valence electrons. The standard InChI is InChI=1S/C4H8O2.C3H6O/c1-4(6)2-3-5;1-2-3-4/h3-4,6H,2H2,1H3;3H,2H2,1H3. The predicted octanol–water partition coefficient (Wildman–Crippen LogP) is 0.551. The van der Waals surface area contributed by atoms with E-state index in [4.69, 9.17) is 5.11 Å². The molecule has 0 aromatic rings. The van der Waals surface area contributed by atoms with E-state index >= 15 is 0 Å². The highest BCUT2D eigenvalue weighted by Crippen LogP contribution is 1.80. The van der Waals surface area contributed by atoms with Gasteiger partial charge in [0.15, 0.2) is 0 Å². The third-order valence-corrected chi connectivity index (χ3v) is 0.604. The van der Waals surface area contributed by atoms with Gasteiger partial charge in [-0.15, -0.1) is 0 Å². The Morgan fingerprint density at radius 1 is 1.40 bits per heavy atom. The summed E-state index contributed by atoms with van der Waals surface area (Å²) in [4.78, 5) is 18.6. The molecule has 1 unspecified atom stereocenters. The zero-order valence-electron chi connectivity index (χ0n) is 6.41. The van der Waals surface area contributed by atoms with Crippen molar-refractivity contribution in [3.63, 3.8) is 0 Å². The van der Waals surface area contributed by atoms with Gasteiger partial charge in [0.25, 0.3) is 0 Å². The van der Waals surface area contributed by atoms with Gasteiger partial charge in [-0.3, -0.25) is 0 Å². The van der Waals surface area contributed by atoms with Gasteiger partial charge < -0.3 is 14.7 Å². The lowest BCUT2D eigenvalue weighted by atomic mass is 10.3. The number of aliphatic hydroxyl groups is 1. The second-order valence-corrected chi connectivity index (χ2v) is 1.83. The Labute approximate surface area is 61.1 Å². The van der Waals surface area contributed by atoms with Crippen LogP contribution < -0.4 is 0 Å². The molecule has 0 amide bonds. The van der Waals surface area contributed by atoms with Crippen molar-refractivity contribution in [1.29, 1.82) is 0 Å². The summed E-state index contributed by atoms with van der Waals surface area (Å²) in [7, 11) is 0. The van der Waals surface area contributed by atoms with E-state index in [0.717, 1.165) is 6.29 Å². The minimum absolute atomic E-state index is 0.250. The van der Waals surface area contributed by atoms with Gasteiger partial charge in [-0.2, -0.15) is 0 Å². The van der Waals surface area contributed by atoms with Gasteiger partial charge in [-0.1, -0.05) is 6.92 Å². The van der Waals surface area contributed by atoms with Crippen molar-refractivity contribution < 1.29 is 14.7 Å². The Bertz CT molecular complexity index is 78.9. The summed E-state index contributed by atoms with van der Waals surface area (Å²) in [5.41, 5.74) is 0. The van der Waals surface area contributed by atoms with Crippen molar-refractivity contribution in [2.45, 2.75) is 32.8 Å². The van der Waals surface area contributed by atoms with E-state index < -0.39 is 6.10 Å². The van der Waals surface area contributed by atoms with Crippen molar-refractivity contribution in [2.24, 2.45) is 0 Å². The number of hydrogen-bond acceptors (Lipinski definition) is 3. The quantitative estimate of drug-likeness (QED) is 0.591. The molecule has 0 aromatic heterocycles. The molecule has 0 bridgehead atoms. The Balaban J connectivity index is 0. The molecule has 0 heterocycles. The van der Waals surface area contributed by atoms with E-state index in [1.807, 2.05) is 6.92 Å². The summed E-state index contributed by atoms with van der Waals surface area (Å²) >= 11 is 0. The molecule has 0 aromatic carbocycles. The zero-order valence-corrected chi connectivity index (χ0v) is 6.41. The van der Waals surface area contributed by atoms with Gasteiger partial charge >= 0.3 is 0 Å². The van der Waals surface area contributed by atoms with Crippen LogP contribution in [0.3, 0.4) is 0 Å². The first-order valence-corrected chi connectivity index (χ1v) is 3.24. The molecular formula is C7H14O3. The van der Waals surface area contributed by atoms with Gasteiger partial charge in [0.05, 0.1) is 6.10 Å². The normalized spacial score (nSPS) is 10.7. The third kappa shape index (κ3) is 26.6. The molecule has 0 aliphatic carbocycles. The smallest absolute Gasteiger partial charge is 0.122 e. The third-order valence-electron chi connectivity index (χ3n) is 0.604. The molecule has 3 heteroatoms. The summed E-state index contributed by atoms with van der Waals surface area (Å²) in [5, 5.41) is 8.32. The van der Waals surface area contributed by atoms with Gasteiger partial charge in [0.2, 0.25) is 0 Å². The van der Waals surface area contributed by atoms with E-state index in [-0.39, 0.29) is 6.42 Å². The summed E-state index contributed by atoms with van der Waals surface area (Å²) in [6, 6.07) is 0. The monoisotopic (exact) mass is 146 g/mol. The van der Waals surface area contributed by atoms with Crippen LogP contribution in [0.1, 0.15) is 26.7 Å². The minimum Gasteiger partial charge on any atom is -0.393 e. The topological polar surface area (TPSA) is 54.4 Å². The Hall–Kier alpha value is -0.700. The van der Waals surface area contributed by atoms with Crippen molar-refractivity contribution in [1.82, 2.24) is 0 Å². The number of hydrogen-bond donors (Lipinski definition) is 1. The summed E-state index contributed by atoms with van der Waals surface area (Å²) in [6.07, 6.45) is 1.99. The first-order valence-electron chi connectivity index (χ1n) is 3.24. The lowest BCUT2D eigenvalue weighted by Crippen LogP contribution is -1.97. The minimum atomic E-state index is -0.470. The predicted molar refractivity (Wildman–Crippen MR) is 38.7 cm³/mol. The van der Waals surface area contributed by atoms with E-state index in [1.165, 1.54) is 0 Å². The Morgan fingerprint density at radius 2 is 1.80 bits per heavy atom. The number of aliphatic hydroxyl groups excluding tert-OH is 1. The van der Waals surface area contributed by atoms with Gasteiger partial charge in [0, 0.05) is 12.8 Å². The highest BCUT2D eigenvalue weighted by atomic mass is 16.3. The summed E-state index contributed by atoms with van der Waals surface area (Å²) in [6.45, 7) is 3.39. The van der Waals surface area contributed by atoms with Crippen molar-refractivity contribution in [3.05, 3.63) is 0 Å². The van der Waals surface area contributed by atoms with Crippen molar-refractivity contribution in [2.75, 3.05) is 0 Å². The molecule has 0 fully saturated rings. The average molecular weight is 146 g/mol. The van der Waals surface area contributed by atoms with Crippen molar-refractivity contribution >= 4 is 12.6 Å². The van der Waals surface area contributed by atoms with Crippen LogP contribution in [-0.2, 0) is 9.59 Å². The van der Waals surface area contributed by atoms with Crippen molar-refractivity contribution in [3.8, 4) is 0 Å². The molecule has 0 radical (unpaired) electrons. The van der Waals surface area contributed by atoms with E-state index in [0.29, 0.717) is 12.7 Å². The largest absolute Gasteiger partial charge is 0.393 e. The molecule has 0 aliphatic heterocycles. The first-order chi connectivity index (χ1) is 4.68. The Kier molecular flexibility index (Phi) is 13.4. The van der Waals surface area contributed by atoms with Crippen LogP contribution in [0.15, 0.2) is 0 Å². The molecule has 0 saturated heterocycles. The molecule has 0 rings (SSSR count). The van der Waals surface area contributed by atoms with Crippen LogP contribution in [0, 0.1) is 0 Å². The molecule has 3 nitrogen and oxygen atoms in total. The molecule has 0 spiro atoms. The maximum Gasteiger partial charge on any atom is 0.122 e. The van der Waals surface area contributed by atoms with Gasteiger partial charge in [0.1, 0.15) is 12.6 Å². The molecular weight excluding hydrogens is 132 g/mol. The van der Waals surface area contributed by atoms with Crippen LogP contribution in [0.4, 0.5) is 0 Å². The second kappa shape index (κ2) is 11.1. The zero-order chi connectivity index (χ0) is 8.41. The highest BCUT2D eigenvalue weighted by molar-refractivity contribution is 5.49. The fourth-order valence-electron chi connectivity index (χ4n) is 0.139. The molecule has 1 atom stereocenters. The van der Waals surface area contributed by atoms with Crippen LogP contribution in [-0.4, -0.2) is 23.8 Å². The second-order valence-electron chi connectivity index (χ2n) is 1.83. The SMILES string of the molecule is CC(O)CC=O.CCC=O. The summed E-state index contributed by atoms with van der Waals surface area (Å²) in [5.74, 6) is 0. The van der Waals surface area contributed by atoms with Gasteiger partial charge in [-0.25, -0.2) is 0 Å². The van der Waals surface area contributed by atoms with E-state index in [9.17, 15) is 9.59 Å². The fourth-order valence-corrected chi connectivity index (χ4v) is 0.139. The maximum absolute atomic E-state index is 9.46. The van der Waals surface area contributed by atoms with Crippen LogP contribution >= 0.6 is 0 Å². The van der Waals surface area contributed by atoms with Gasteiger partial charge in [-0.05, 0) is 6.92 Å².